The van der Waals surface area contributed by atoms with Gasteiger partial charge in [0.2, 0.25) is 0 Å². The van der Waals surface area contributed by atoms with Gasteiger partial charge in [0.1, 0.15) is 17.9 Å². The van der Waals surface area contributed by atoms with Crippen LogP contribution in [0.25, 0.3) is 0 Å². The first kappa shape index (κ1) is 13.9. The second-order valence-electron chi connectivity index (χ2n) is 6.66. The molecule has 0 bridgehead atoms. The number of carbonyl (C=O) groups is 1. The number of carbonyl (C=O) groups excluding carboxylic acids is 1. The van der Waals surface area contributed by atoms with E-state index in [2.05, 4.69) is 11.0 Å². The standard InChI is InChI=1S/C17H22N2O3/c1-11-6-14(18-4-2-3-5-18)16-15(7-11)22-10-12-8-13(20)9-19(12)17(16)21/h6-7,12-13,20H,2-5,8-10H2,1H3/t12-,13+/m1/s1. The molecule has 1 aromatic rings. The zero-order valence-electron chi connectivity index (χ0n) is 12.9. The van der Waals surface area contributed by atoms with Crippen LogP contribution in [0.2, 0.25) is 0 Å². The van der Waals surface area contributed by atoms with Crippen molar-refractivity contribution in [2.24, 2.45) is 0 Å². The van der Waals surface area contributed by atoms with E-state index >= 15 is 0 Å². The first-order valence-corrected chi connectivity index (χ1v) is 8.15. The second-order valence-corrected chi connectivity index (χ2v) is 6.66. The molecule has 0 saturated carbocycles. The van der Waals surface area contributed by atoms with Gasteiger partial charge >= 0.3 is 0 Å². The highest BCUT2D eigenvalue weighted by Crippen LogP contribution is 2.38. The number of fused-ring (bicyclic) bond motifs is 2. The number of benzene rings is 1. The Morgan fingerprint density at radius 1 is 1.27 bits per heavy atom. The number of rotatable bonds is 1. The molecule has 3 aliphatic heterocycles. The molecule has 2 saturated heterocycles. The lowest BCUT2D eigenvalue weighted by molar-refractivity contribution is 0.0710. The Kier molecular flexibility index (Phi) is 3.26. The number of aryl methyl sites for hydroxylation is 1. The van der Waals surface area contributed by atoms with Crippen LogP contribution >= 0.6 is 0 Å². The van der Waals surface area contributed by atoms with E-state index in [1.807, 2.05) is 13.0 Å². The van der Waals surface area contributed by atoms with Gasteiger partial charge in [-0.25, -0.2) is 0 Å². The van der Waals surface area contributed by atoms with Crippen molar-refractivity contribution in [3.8, 4) is 5.75 Å². The van der Waals surface area contributed by atoms with Crippen molar-refractivity contribution in [1.82, 2.24) is 4.90 Å². The molecule has 1 N–H and O–H groups in total. The van der Waals surface area contributed by atoms with Gasteiger partial charge < -0.3 is 19.6 Å². The van der Waals surface area contributed by atoms with E-state index in [1.54, 1.807) is 4.90 Å². The molecular formula is C17H22N2O3. The highest BCUT2D eigenvalue weighted by molar-refractivity contribution is 6.03. The molecule has 118 valence electrons. The van der Waals surface area contributed by atoms with Crippen LogP contribution in [0.4, 0.5) is 5.69 Å². The summed E-state index contributed by atoms with van der Waals surface area (Å²) in [4.78, 5) is 17.1. The number of ether oxygens (including phenoxy) is 1. The topological polar surface area (TPSA) is 53.0 Å². The van der Waals surface area contributed by atoms with Crippen LogP contribution < -0.4 is 9.64 Å². The average Bonchev–Trinajstić information content (AvgIpc) is 3.10. The Bertz CT molecular complexity index is 610. The summed E-state index contributed by atoms with van der Waals surface area (Å²) >= 11 is 0. The molecule has 2 atom stereocenters. The van der Waals surface area contributed by atoms with Crippen LogP contribution in [0.15, 0.2) is 12.1 Å². The molecule has 1 amide bonds. The first-order chi connectivity index (χ1) is 10.6. The van der Waals surface area contributed by atoms with E-state index in [0.717, 1.165) is 24.3 Å². The van der Waals surface area contributed by atoms with E-state index in [-0.39, 0.29) is 11.9 Å². The first-order valence-electron chi connectivity index (χ1n) is 8.15. The van der Waals surface area contributed by atoms with Crippen molar-refractivity contribution in [3.63, 3.8) is 0 Å². The van der Waals surface area contributed by atoms with Gasteiger partial charge in [-0.3, -0.25) is 4.79 Å². The minimum absolute atomic E-state index is 0.0101. The molecular weight excluding hydrogens is 280 g/mol. The lowest BCUT2D eigenvalue weighted by Crippen LogP contribution is -2.37. The monoisotopic (exact) mass is 302 g/mol. The minimum Gasteiger partial charge on any atom is -0.491 e. The molecule has 0 aliphatic carbocycles. The molecule has 5 heteroatoms. The molecule has 0 spiro atoms. The van der Waals surface area contributed by atoms with E-state index in [9.17, 15) is 9.90 Å². The molecule has 5 nitrogen and oxygen atoms in total. The quantitative estimate of drug-likeness (QED) is 0.855. The summed E-state index contributed by atoms with van der Waals surface area (Å²) in [7, 11) is 0. The van der Waals surface area contributed by atoms with Gasteiger partial charge in [0.25, 0.3) is 5.91 Å². The molecule has 3 aliphatic rings. The zero-order valence-corrected chi connectivity index (χ0v) is 12.9. The number of anilines is 1. The van der Waals surface area contributed by atoms with Crippen LogP contribution in [0.5, 0.6) is 5.75 Å². The Balaban J connectivity index is 1.80. The van der Waals surface area contributed by atoms with Gasteiger partial charge in [-0.2, -0.15) is 0 Å². The lowest BCUT2D eigenvalue weighted by Gasteiger charge is -2.25. The fraction of sp³-hybridized carbons (Fsp3) is 0.588. The molecule has 22 heavy (non-hydrogen) atoms. The maximum absolute atomic E-state index is 13.1. The summed E-state index contributed by atoms with van der Waals surface area (Å²) < 4.78 is 5.96. The highest BCUT2D eigenvalue weighted by Gasteiger charge is 2.40. The fourth-order valence-electron chi connectivity index (χ4n) is 3.90. The SMILES string of the molecule is Cc1cc2c(c(N3CCCC3)c1)C(=O)N1C[C@@H](O)C[C@@H]1CO2. The van der Waals surface area contributed by atoms with E-state index < -0.39 is 6.10 Å². The Labute approximate surface area is 130 Å². The second kappa shape index (κ2) is 5.16. The summed E-state index contributed by atoms with van der Waals surface area (Å²) in [6.07, 6.45) is 2.52. The smallest absolute Gasteiger partial charge is 0.260 e. The van der Waals surface area contributed by atoms with E-state index in [0.29, 0.717) is 30.9 Å². The Hall–Kier alpha value is -1.75. The molecule has 0 radical (unpaired) electrons. The van der Waals surface area contributed by atoms with Crippen molar-refractivity contribution in [2.45, 2.75) is 38.3 Å². The van der Waals surface area contributed by atoms with Crippen molar-refractivity contribution >= 4 is 11.6 Å². The number of amides is 1. The van der Waals surface area contributed by atoms with E-state index in [1.165, 1.54) is 12.8 Å². The normalized spacial score (nSPS) is 27.5. The molecule has 2 fully saturated rings. The van der Waals surface area contributed by atoms with Gasteiger partial charge in [-0.05, 0) is 43.9 Å². The Morgan fingerprint density at radius 2 is 2.05 bits per heavy atom. The largest absolute Gasteiger partial charge is 0.491 e. The van der Waals surface area contributed by atoms with Crippen LogP contribution in [0.1, 0.15) is 35.2 Å². The molecule has 0 aromatic heterocycles. The summed E-state index contributed by atoms with van der Waals surface area (Å²) in [6.45, 7) is 4.92. The number of aliphatic hydroxyl groups is 1. The maximum atomic E-state index is 13.1. The highest BCUT2D eigenvalue weighted by atomic mass is 16.5. The van der Waals surface area contributed by atoms with Gasteiger partial charge in [0, 0.05) is 19.6 Å². The number of hydrogen-bond acceptors (Lipinski definition) is 4. The average molecular weight is 302 g/mol. The molecule has 3 heterocycles. The number of hydrogen-bond donors (Lipinski definition) is 1. The zero-order chi connectivity index (χ0) is 15.3. The predicted octanol–water partition coefficient (Wildman–Crippen LogP) is 1.56. The number of aliphatic hydroxyl groups excluding tert-OH is 1. The minimum atomic E-state index is -0.431. The maximum Gasteiger partial charge on any atom is 0.260 e. The van der Waals surface area contributed by atoms with Crippen molar-refractivity contribution in [3.05, 3.63) is 23.3 Å². The summed E-state index contributed by atoms with van der Waals surface area (Å²) in [6, 6.07) is 4.05. The van der Waals surface area contributed by atoms with Gasteiger partial charge in [0.15, 0.2) is 0 Å². The van der Waals surface area contributed by atoms with Crippen LogP contribution in [-0.4, -0.2) is 54.3 Å². The van der Waals surface area contributed by atoms with Crippen LogP contribution in [0, 0.1) is 6.92 Å². The molecule has 1 aromatic carbocycles. The third-order valence-corrected chi connectivity index (χ3v) is 4.97. The van der Waals surface area contributed by atoms with Gasteiger partial charge in [-0.1, -0.05) is 0 Å². The van der Waals surface area contributed by atoms with Crippen LogP contribution in [-0.2, 0) is 0 Å². The Morgan fingerprint density at radius 3 is 2.82 bits per heavy atom. The van der Waals surface area contributed by atoms with Gasteiger partial charge in [-0.15, -0.1) is 0 Å². The predicted molar refractivity (Wildman–Crippen MR) is 83.6 cm³/mol. The third-order valence-electron chi connectivity index (χ3n) is 4.97. The summed E-state index contributed by atoms with van der Waals surface area (Å²) in [5.74, 6) is 0.715. The lowest BCUT2D eigenvalue weighted by atomic mass is 10.1. The molecule has 4 rings (SSSR count). The van der Waals surface area contributed by atoms with Crippen molar-refractivity contribution in [2.75, 3.05) is 31.1 Å². The van der Waals surface area contributed by atoms with Crippen LogP contribution in [0.3, 0.4) is 0 Å². The third kappa shape index (κ3) is 2.15. The van der Waals surface area contributed by atoms with Crippen molar-refractivity contribution < 1.29 is 14.6 Å². The number of nitrogens with zero attached hydrogens (tertiary/aromatic N) is 2. The van der Waals surface area contributed by atoms with E-state index in [4.69, 9.17) is 4.74 Å². The fourth-order valence-corrected chi connectivity index (χ4v) is 3.90. The van der Waals surface area contributed by atoms with Gasteiger partial charge in [0.05, 0.1) is 17.8 Å². The summed E-state index contributed by atoms with van der Waals surface area (Å²) in [5, 5.41) is 9.88. The van der Waals surface area contributed by atoms with Crippen molar-refractivity contribution in [1.29, 1.82) is 0 Å². The molecule has 0 unspecified atom stereocenters. The summed E-state index contributed by atoms with van der Waals surface area (Å²) in [5.41, 5.74) is 2.80.